The van der Waals surface area contributed by atoms with Crippen molar-refractivity contribution in [2.75, 3.05) is 0 Å². The summed E-state index contributed by atoms with van der Waals surface area (Å²) in [5, 5.41) is 0.173. The first-order chi connectivity index (χ1) is 11.3. The third-order valence-electron chi connectivity index (χ3n) is 7.33. The van der Waals surface area contributed by atoms with Crippen LogP contribution in [-0.4, -0.2) is 21.1 Å². The predicted molar refractivity (Wildman–Crippen MR) is 112 cm³/mol. The Morgan fingerprint density at radius 1 is 1.12 bits per heavy atom. The van der Waals surface area contributed by atoms with Gasteiger partial charge in [-0.2, -0.15) is 0 Å². The van der Waals surface area contributed by atoms with Gasteiger partial charge in [0, 0.05) is 11.1 Å². The van der Waals surface area contributed by atoms with E-state index < -0.39 is 8.07 Å². The first-order valence-electron chi connectivity index (χ1n) is 10.6. The van der Waals surface area contributed by atoms with Crippen molar-refractivity contribution < 1.29 is 4.65 Å². The molecule has 138 valence electrons. The molecule has 0 amide bonds. The van der Waals surface area contributed by atoms with Crippen molar-refractivity contribution in [1.29, 1.82) is 0 Å². The molecule has 2 atom stereocenters. The molecule has 0 saturated carbocycles. The zero-order valence-corrected chi connectivity index (χ0v) is 18.1. The van der Waals surface area contributed by atoms with E-state index in [4.69, 9.17) is 4.65 Å². The molecule has 1 nitrogen and oxygen atoms in total. The van der Waals surface area contributed by atoms with Crippen LogP contribution in [0.1, 0.15) is 78.1 Å². The molecule has 3 heteroatoms. The smallest absolute Gasteiger partial charge is 0.299 e. The zero-order chi connectivity index (χ0) is 17.8. The highest BCUT2D eigenvalue weighted by molar-refractivity contribution is 6.79. The van der Waals surface area contributed by atoms with Gasteiger partial charge in [0.1, 0.15) is 0 Å². The Hall–Kier alpha value is -0.0182. The van der Waals surface area contributed by atoms with Crippen molar-refractivity contribution in [3.63, 3.8) is 0 Å². The monoisotopic (exact) mass is 348 g/mol. The van der Waals surface area contributed by atoms with Crippen LogP contribution in [0.25, 0.3) is 0 Å². The van der Waals surface area contributed by atoms with E-state index in [9.17, 15) is 0 Å². The summed E-state index contributed by atoms with van der Waals surface area (Å²) in [6, 6.07) is 0. The van der Waals surface area contributed by atoms with Crippen molar-refractivity contribution in [2.45, 2.75) is 120 Å². The molecule has 0 aliphatic carbocycles. The van der Waals surface area contributed by atoms with Gasteiger partial charge in [-0.1, -0.05) is 97.4 Å². The summed E-state index contributed by atoms with van der Waals surface area (Å²) in [6.07, 6.45) is 16.3. The summed E-state index contributed by atoms with van der Waals surface area (Å²) in [4.78, 5) is 0. The van der Waals surface area contributed by atoms with Crippen LogP contribution >= 0.6 is 0 Å². The first-order valence-corrected chi connectivity index (χ1v) is 14.1. The minimum atomic E-state index is -1.40. The van der Waals surface area contributed by atoms with Crippen LogP contribution in [0.3, 0.4) is 0 Å². The molecule has 0 unspecified atom stereocenters. The standard InChI is InChI=1S/C21H41BOSi/c1-7-9-10-17-20(21(3,8-2)24(4,5)6)23-22-18-13-11-14-19(22)16-12-15-18/h8,18-20H,2,7,9-17H2,1,3-6H3/t18?,19?,20-,21+/m0/s1. The molecule has 24 heavy (non-hydrogen) atoms. The molecule has 0 aromatic heterocycles. The number of unbranched alkanes of at least 4 members (excludes halogenated alkanes) is 2. The molecule has 0 N–H and O–H groups in total. The van der Waals surface area contributed by atoms with Gasteiger partial charge in [0.25, 0.3) is 6.92 Å². The molecule has 2 bridgehead atoms. The quantitative estimate of drug-likeness (QED) is 0.241. The summed E-state index contributed by atoms with van der Waals surface area (Å²) in [6.45, 7) is 17.0. The van der Waals surface area contributed by atoms with Gasteiger partial charge in [-0.3, -0.25) is 0 Å². The second kappa shape index (κ2) is 8.58. The molecule has 2 rings (SSSR count). The lowest BCUT2D eigenvalue weighted by molar-refractivity contribution is 0.135. The van der Waals surface area contributed by atoms with E-state index in [-0.39, 0.29) is 5.04 Å². The van der Waals surface area contributed by atoms with Gasteiger partial charge in [0.05, 0.1) is 8.07 Å². The maximum absolute atomic E-state index is 7.05. The Morgan fingerprint density at radius 2 is 1.67 bits per heavy atom. The Kier molecular flexibility index (Phi) is 7.25. The fraction of sp³-hybridized carbons (Fsp3) is 0.905. The van der Waals surface area contributed by atoms with E-state index in [0.29, 0.717) is 13.0 Å². The minimum absolute atomic E-state index is 0.173. The fourth-order valence-corrected chi connectivity index (χ4v) is 6.83. The van der Waals surface area contributed by atoms with Crippen LogP contribution < -0.4 is 0 Å². The van der Waals surface area contributed by atoms with Crippen molar-refractivity contribution in [3.05, 3.63) is 12.7 Å². The molecule has 0 aromatic rings. The van der Waals surface area contributed by atoms with Crippen molar-refractivity contribution in [3.8, 4) is 0 Å². The summed E-state index contributed by atoms with van der Waals surface area (Å²) in [7, 11) is -1.40. The van der Waals surface area contributed by atoms with E-state index >= 15 is 0 Å². The number of fused-ring (bicyclic) bond motifs is 2. The molecule has 2 heterocycles. The van der Waals surface area contributed by atoms with Crippen LogP contribution in [0.5, 0.6) is 0 Å². The molecule has 2 fully saturated rings. The van der Waals surface area contributed by atoms with Crippen LogP contribution in [0.2, 0.25) is 36.3 Å². The molecular weight excluding hydrogens is 307 g/mol. The number of rotatable bonds is 9. The Morgan fingerprint density at radius 3 is 2.08 bits per heavy atom. The summed E-state index contributed by atoms with van der Waals surface area (Å²) in [5.41, 5.74) is 0. The van der Waals surface area contributed by atoms with Gasteiger partial charge in [0.15, 0.2) is 0 Å². The molecule has 2 aliphatic heterocycles. The maximum Gasteiger partial charge on any atom is 0.299 e. The molecule has 2 saturated heterocycles. The normalized spacial score (nSPS) is 28.3. The third-order valence-corrected chi connectivity index (χ3v) is 11.1. The molecule has 0 radical (unpaired) electrons. The average molecular weight is 348 g/mol. The molecule has 2 aliphatic rings. The topological polar surface area (TPSA) is 9.23 Å². The van der Waals surface area contributed by atoms with Gasteiger partial charge >= 0.3 is 0 Å². The second-order valence-corrected chi connectivity index (χ2v) is 15.3. The van der Waals surface area contributed by atoms with Gasteiger partial charge in [0.2, 0.25) is 0 Å². The second-order valence-electron chi connectivity index (χ2n) is 9.70. The summed E-state index contributed by atoms with van der Waals surface area (Å²) < 4.78 is 7.05. The maximum atomic E-state index is 7.05. The third kappa shape index (κ3) is 4.38. The predicted octanol–water partition coefficient (Wildman–Crippen LogP) is 7.34. The van der Waals surface area contributed by atoms with Crippen LogP contribution in [0, 0.1) is 0 Å². The first kappa shape index (κ1) is 20.3. The van der Waals surface area contributed by atoms with Crippen molar-refractivity contribution in [1.82, 2.24) is 0 Å². The largest absolute Gasteiger partial charge is 0.432 e. The lowest BCUT2D eigenvalue weighted by Gasteiger charge is -2.49. The highest BCUT2D eigenvalue weighted by Crippen LogP contribution is 2.51. The Bertz CT molecular complexity index is 383. The molecule has 0 spiro atoms. The van der Waals surface area contributed by atoms with E-state index in [1.165, 1.54) is 64.2 Å². The van der Waals surface area contributed by atoms with E-state index in [1.807, 2.05) is 0 Å². The highest BCUT2D eigenvalue weighted by Gasteiger charge is 2.48. The summed E-state index contributed by atoms with van der Waals surface area (Å²) >= 11 is 0. The van der Waals surface area contributed by atoms with Crippen molar-refractivity contribution >= 4 is 15.0 Å². The fourth-order valence-electron chi connectivity index (χ4n) is 5.04. The molecule has 0 aromatic carbocycles. The Labute approximate surface area is 153 Å². The van der Waals surface area contributed by atoms with Gasteiger partial charge in [-0.15, -0.1) is 6.58 Å². The van der Waals surface area contributed by atoms with Crippen LogP contribution in [0.15, 0.2) is 12.7 Å². The summed E-state index contributed by atoms with van der Waals surface area (Å²) in [5.74, 6) is 1.67. The minimum Gasteiger partial charge on any atom is -0.432 e. The van der Waals surface area contributed by atoms with Gasteiger partial charge in [-0.25, -0.2) is 0 Å². The van der Waals surface area contributed by atoms with Gasteiger partial charge < -0.3 is 4.65 Å². The Balaban J connectivity index is 2.17. The number of hydrogen-bond acceptors (Lipinski definition) is 1. The number of hydrogen-bond donors (Lipinski definition) is 0. The molecular formula is C21H41BOSi. The lowest BCUT2D eigenvalue weighted by Crippen LogP contribution is -2.49. The highest BCUT2D eigenvalue weighted by atomic mass is 28.3. The van der Waals surface area contributed by atoms with Gasteiger partial charge in [-0.05, 0) is 18.1 Å². The van der Waals surface area contributed by atoms with Crippen LogP contribution in [0.4, 0.5) is 0 Å². The van der Waals surface area contributed by atoms with Crippen molar-refractivity contribution in [2.24, 2.45) is 0 Å². The van der Waals surface area contributed by atoms with E-state index in [1.54, 1.807) is 0 Å². The van der Waals surface area contributed by atoms with E-state index in [0.717, 1.165) is 11.6 Å². The zero-order valence-electron chi connectivity index (χ0n) is 17.1. The SMILES string of the molecule is C=C[C@](C)([C@H](CCCCC)OB1C2CCCC1CCC2)[Si](C)(C)C. The van der Waals surface area contributed by atoms with E-state index in [2.05, 4.69) is 46.1 Å². The van der Waals surface area contributed by atoms with Crippen LogP contribution in [-0.2, 0) is 4.65 Å². The lowest BCUT2D eigenvalue weighted by atomic mass is 9.38. The average Bonchev–Trinajstić information content (AvgIpc) is 2.52.